The van der Waals surface area contributed by atoms with Crippen molar-refractivity contribution in [1.82, 2.24) is 14.5 Å². The summed E-state index contributed by atoms with van der Waals surface area (Å²) < 4.78 is 40.7. The number of hydrogen-bond donors (Lipinski definition) is 2. The Labute approximate surface area is 200 Å². The Kier molecular flexibility index (Phi) is 8.76. The standard InChI is InChI=1S/C24H31FN4O4S/c1-18(2)19-6-8-22(9-7-19)34(32,33)26-11-10-24(31)29-14-12-28(13-15-29)17-23(30)27-21-5-3-4-20(25)16-21/h3-9,16,18,26H,10-15,17H2,1-2H3,(H,27,30). The Bertz CT molecular complexity index is 1100. The summed E-state index contributed by atoms with van der Waals surface area (Å²) in [6.45, 7) is 6.19. The van der Waals surface area contributed by atoms with Gasteiger partial charge in [0.05, 0.1) is 11.4 Å². The fraction of sp³-hybridized carbons (Fsp3) is 0.417. The van der Waals surface area contributed by atoms with E-state index in [-0.39, 0.29) is 36.2 Å². The molecule has 8 nitrogen and oxygen atoms in total. The molecule has 1 aliphatic rings. The van der Waals surface area contributed by atoms with Gasteiger partial charge in [0.25, 0.3) is 0 Å². The molecule has 0 radical (unpaired) electrons. The molecule has 0 atom stereocenters. The van der Waals surface area contributed by atoms with Crippen LogP contribution >= 0.6 is 0 Å². The Morgan fingerprint density at radius 3 is 2.32 bits per heavy atom. The normalized spacial score (nSPS) is 14.9. The van der Waals surface area contributed by atoms with Crippen LogP contribution in [0.5, 0.6) is 0 Å². The van der Waals surface area contributed by atoms with Gasteiger partial charge in [0.15, 0.2) is 0 Å². The fourth-order valence-electron chi connectivity index (χ4n) is 3.69. The predicted octanol–water partition coefficient (Wildman–Crippen LogP) is 2.40. The van der Waals surface area contributed by atoms with Crippen LogP contribution in [0.25, 0.3) is 0 Å². The molecule has 0 aliphatic carbocycles. The molecule has 0 saturated carbocycles. The summed E-state index contributed by atoms with van der Waals surface area (Å²) in [4.78, 5) is 28.5. The lowest BCUT2D eigenvalue weighted by Crippen LogP contribution is -2.50. The van der Waals surface area contributed by atoms with Crippen LogP contribution in [0.1, 0.15) is 31.7 Å². The van der Waals surface area contributed by atoms with Gasteiger partial charge in [-0.25, -0.2) is 17.5 Å². The summed E-state index contributed by atoms with van der Waals surface area (Å²) in [5.41, 5.74) is 1.46. The van der Waals surface area contributed by atoms with Crippen molar-refractivity contribution in [3.8, 4) is 0 Å². The molecule has 1 fully saturated rings. The summed E-state index contributed by atoms with van der Waals surface area (Å²) >= 11 is 0. The third-order valence-electron chi connectivity index (χ3n) is 5.69. The minimum atomic E-state index is -3.68. The Morgan fingerprint density at radius 2 is 1.71 bits per heavy atom. The quantitative estimate of drug-likeness (QED) is 0.563. The highest BCUT2D eigenvalue weighted by Gasteiger charge is 2.23. The summed E-state index contributed by atoms with van der Waals surface area (Å²) in [6, 6.07) is 12.4. The molecular weight excluding hydrogens is 459 g/mol. The number of carbonyl (C=O) groups excluding carboxylic acids is 2. The Hall–Kier alpha value is -2.82. The van der Waals surface area contributed by atoms with E-state index in [4.69, 9.17) is 0 Å². The van der Waals surface area contributed by atoms with Crippen molar-refractivity contribution >= 4 is 27.5 Å². The average Bonchev–Trinajstić information content (AvgIpc) is 2.79. The fourth-order valence-corrected chi connectivity index (χ4v) is 4.72. The monoisotopic (exact) mass is 490 g/mol. The zero-order valence-electron chi connectivity index (χ0n) is 19.5. The minimum Gasteiger partial charge on any atom is -0.340 e. The van der Waals surface area contributed by atoms with Gasteiger partial charge in [-0.2, -0.15) is 0 Å². The van der Waals surface area contributed by atoms with E-state index in [9.17, 15) is 22.4 Å². The summed E-state index contributed by atoms with van der Waals surface area (Å²) in [5, 5.41) is 2.66. The lowest BCUT2D eigenvalue weighted by atomic mass is 10.0. The molecule has 0 unspecified atom stereocenters. The molecule has 2 aromatic rings. The summed E-state index contributed by atoms with van der Waals surface area (Å²) in [6.07, 6.45) is 0.0589. The molecule has 34 heavy (non-hydrogen) atoms. The van der Waals surface area contributed by atoms with Crippen LogP contribution in [0.3, 0.4) is 0 Å². The number of benzene rings is 2. The highest BCUT2D eigenvalue weighted by atomic mass is 32.2. The van der Waals surface area contributed by atoms with Gasteiger partial charge in [0, 0.05) is 44.8 Å². The van der Waals surface area contributed by atoms with Crippen LogP contribution in [0.2, 0.25) is 0 Å². The van der Waals surface area contributed by atoms with Gasteiger partial charge < -0.3 is 10.2 Å². The maximum absolute atomic E-state index is 13.2. The van der Waals surface area contributed by atoms with E-state index < -0.39 is 15.8 Å². The smallest absolute Gasteiger partial charge is 0.240 e. The minimum absolute atomic E-state index is 0.0172. The van der Waals surface area contributed by atoms with Gasteiger partial charge in [-0.1, -0.05) is 32.0 Å². The molecule has 10 heteroatoms. The molecule has 184 valence electrons. The first kappa shape index (κ1) is 25.8. The van der Waals surface area contributed by atoms with Crippen molar-refractivity contribution in [2.45, 2.75) is 31.1 Å². The van der Waals surface area contributed by atoms with Crippen molar-refractivity contribution in [3.63, 3.8) is 0 Å². The second-order valence-corrected chi connectivity index (χ2v) is 10.4. The van der Waals surface area contributed by atoms with Crippen LogP contribution in [0.15, 0.2) is 53.4 Å². The topological polar surface area (TPSA) is 98.8 Å². The van der Waals surface area contributed by atoms with E-state index in [0.717, 1.165) is 5.56 Å². The van der Waals surface area contributed by atoms with Crippen LogP contribution < -0.4 is 10.0 Å². The molecule has 1 heterocycles. The number of carbonyl (C=O) groups is 2. The van der Waals surface area contributed by atoms with Gasteiger partial charge >= 0.3 is 0 Å². The van der Waals surface area contributed by atoms with E-state index in [1.807, 2.05) is 18.7 Å². The first-order valence-electron chi connectivity index (χ1n) is 11.3. The van der Waals surface area contributed by atoms with E-state index in [2.05, 4.69) is 10.0 Å². The Balaban J connectivity index is 1.39. The SMILES string of the molecule is CC(C)c1ccc(S(=O)(=O)NCCC(=O)N2CCN(CC(=O)Nc3cccc(F)c3)CC2)cc1. The van der Waals surface area contributed by atoms with Gasteiger partial charge in [0.2, 0.25) is 21.8 Å². The molecule has 0 spiro atoms. The molecule has 2 N–H and O–H groups in total. The average molecular weight is 491 g/mol. The van der Waals surface area contributed by atoms with Gasteiger partial charge in [-0.15, -0.1) is 0 Å². The summed E-state index contributed by atoms with van der Waals surface area (Å²) in [5.74, 6) is -0.496. The third-order valence-corrected chi connectivity index (χ3v) is 7.17. The number of anilines is 1. The number of halogens is 1. The maximum atomic E-state index is 13.2. The Morgan fingerprint density at radius 1 is 1.03 bits per heavy atom. The third kappa shape index (κ3) is 7.34. The number of sulfonamides is 1. The predicted molar refractivity (Wildman–Crippen MR) is 128 cm³/mol. The largest absolute Gasteiger partial charge is 0.340 e. The lowest BCUT2D eigenvalue weighted by molar-refractivity contribution is -0.132. The van der Waals surface area contributed by atoms with Crippen molar-refractivity contribution in [2.75, 3.05) is 44.6 Å². The first-order chi connectivity index (χ1) is 16.1. The van der Waals surface area contributed by atoms with Crippen LogP contribution in [-0.4, -0.2) is 69.3 Å². The molecular formula is C24H31FN4O4S. The zero-order valence-corrected chi connectivity index (χ0v) is 20.3. The van der Waals surface area contributed by atoms with Gasteiger partial charge in [-0.05, 0) is 41.8 Å². The number of piperazine rings is 1. The molecule has 2 amide bonds. The molecule has 2 aromatic carbocycles. The van der Waals surface area contributed by atoms with Gasteiger partial charge in [0.1, 0.15) is 5.82 Å². The number of rotatable bonds is 9. The molecule has 3 rings (SSSR count). The van der Waals surface area contributed by atoms with Crippen LogP contribution in [-0.2, 0) is 19.6 Å². The van der Waals surface area contributed by atoms with E-state index >= 15 is 0 Å². The highest BCUT2D eigenvalue weighted by Crippen LogP contribution is 2.17. The molecule has 1 saturated heterocycles. The number of hydrogen-bond acceptors (Lipinski definition) is 5. The first-order valence-corrected chi connectivity index (χ1v) is 12.8. The second kappa shape index (κ2) is 11.5. The van der Waals surface area contributed by atoms with Gasteiger partial charge in [-0.3, -0.25) is 14.5 Å². The van der Waals surface area contributed by atoms with Crippen LogP contribution in [0.4, 0.5) is 10.1 Å². The molecule has 0 bridgehead atoms. The van der Waals surface area contributed by atoms with Crippen LogP contribution in [0, 0.1) is 5.82 Å². The second-order valence-electron chi connectivity index (χ2n) is 8.59. The number of nitrogens with zero attached hydrogens (tertiary/aromatic N) is 2. The molecule has 0 aromatic heterocycles. The highest BCUT2D eigenvalue weighted by molar-refractivity contribution is 7.89. The van der Waals surface area contributed by atoms with E-state index in [1.54, 1.807) is 35.2 Å². The van der Waals surface area contributed by atoms with Crippen molar-refractivity contribution < 1.29 is 22.4 Å². The molecule has 1 aliphatic heterocycles. The van der Waals surface area contributed by atoms with Crippen molar-refractivity contribution in [2.24, 2.45) is 0 Å². The van der Waals surface area contributed by atoms with E-state index in [0.29, 0.717) is 37.8 Å². The van der Waals surface area contributed by atoms with Crippen molar-refractivity contribution in [1.29, 1.82) is 0 Å². The zero-order chi connectivity index (χ0) is 24.7. The lowest BCUT2D eigenvalue weighted by Gasteiger charge is -2.34. The maximum Gasteiger partial charge on any atom is 0.240 e. The van der Waals surface area contributed by atoms with Crippen molar-refractivity contribution in [3.05, 3.63) is 59.9 Å². The number of amides is 2. The summed E-state index contributed by atoms with van der Waals surface area (Å²) in [7, 11) is -3.68. The number of nitrogens with one attached hydrogen (secondary N) is 2. The van der Waals surface area contributed by atoms with E-state index in [1.165, 1.54) is 18.2 Å².